The van der Waals surface area contributed by atoms with Gasteiger partial charge in [0.25, 0.3) is 0 Å². The molecule has 1 saturated heterocycles. The number of nitrogens with zero attached hydrogens (tertiary/aromatic N) is 3. The number of aromatic amines is 1. The number of piperidine rings is 1. The highest BCUT2D eigenvalue weighted by Crippen LogP contribution is 2.52. The lowest BCUT2D eigenvalue weighted by molar-refractivity contribution is 0.135. The van der Waals surface area contributed by atoms with E-state index in [1.807, 2.05) is 0 Å². The molecule has 3 N–H and O–H groups in total. The summed E-state index contributed by atoms with van der Waals surface area (Å²) in [5.74, 6) is 1.02. The van der Waals surface area contributed by atoms with Crippen molar-refractivity contribution in [3.05, 3.63) is 22.7 Å². The fraction of sp³-hybridized carbons (Fsp3) is 0.600. The standard InChI is InChI=1S/C15H21N5O/c1-4-11-12-14(19-18-11)21-13(17)10(7-16)15(12)5-6-20(3)8-9(15)2/h9H,4-6,8,17H2,1-3H3,(H,18,19). The second kappa shape index (κ2) is 4.78. The second-order valence-electron chi connectivity index (χ2n) is 6.07. The highest BCUT2D eigenvalue weighted by atomic mass is 16.5. The maximum atomic E-state index is 9.68. The Morgan fingerprint density at radius 3 is 3.00 bits per heavy atom. The molecule has 2 aliphatic heterocycles. The van der Waals surface area contributed by atoms with Gasteiger partial charge in [0.1, 0.15) is 11.6 Å². The van der Waals surface area contributed by atoms with Crippen molar-refractivity contribution in [3.8, 4) is 11.9 Å². The van der Waals surface area contributed by atoms with Crippen molar-refractivity contribution < 1.29 is 4.74 Å². The number of hydrogen-bond acceptors (Lipinski definition) is 5. The number of hydrogen-bond donors (Lipinski definition) is 2. The zero-order valence-corrected chi connectivity index (χ0v) is 12.7. The highest BCUT2D eigenvalue weighted by molar-refractivity contribution is 5.55. The van der Waals surface area contributed by atoms with Crippen LogP contribution in [0.4, 0.5) is 0 Å². The van der Waals surface area contributed by atoms with Gasteiger partial charge in [-0.3, -0.25) is 5.10 Å². The number of aromatic nitrogens is 2. The van der Waals surface area contributed by atoms with Gasteiger partial charge in [0.05, 0.1) is 0 Å². The third-order valence-corrected chi connectivity index (χ3v) is 4.93. The highest BCUT2D eigenvalue weighted by Gasteiger charge is 2.52. The van der Waals surface area contributed by atoms with Crippen molar-refractivity contribution in [3.63, 3.8) is 0 Å². The molecule has 21 heavy (non-hydrogen) atoms. The third-order valence-electron chi connectivity index (χ3n) is 4.93. The number of aryl methyl sites for hydroxylation is 1. The molecule has 3 rings (SSSR count). The molecule has 0 amide bonds. The van der Waals surface area contributed by atoms with Crippen LogP contribution in [-0.4, -0.2) is 35.2 Å². The van der Waals surface area contributed by atoms with Crippen molar-refractivity contribution in [1.82, 2.24) is 15.1 Å². The molecular weight excluding hydrogens is 266 g/mol. The predicted octanol–water partition coefficient (Wildman–Crippen LogP) is 1.27. The van der Waals surface area contributed by atoms with E-state index in [0.29, 0.717) is 11.5 Å². The van der Waals surface area contributed by atoms with Gasteiger partial charge in [0, 0.05) is 23.2 Å². The molecular formula is C15H21N5O. The van der Waals surface area contributed by atoms with E-state index < -0.39 is 0 Å². The summed E-state index contributed by atoms with van der Waals surface area (Å²) in [6, 6.07) is 2.31. The number of likely N-dealkylation sites (tertiary alicyclic amines) is 1. The van der Waals surface area contributed by atoms with Crippen molar-refractivity contribution in [1.29, 1.82) is 5.26 Å². The van der Waals surface area contributed by atoms with E-state index in [1.54, 1.807) is 0 Å². The smallest absolute Gasteiger partial charge is 0.244 e. The molecule has 1 aromatic rings. The number of ether oxygens (including phenoxy) is 1. The Morgan fingerprint density at radius 1 is 1.62 bits per heavy atom. The summed E-state index contributed by atoms with van der Waals surface area (Å²) in [6.45, 7) is 6.11. The fourth-order valence-corrected chi connectivity index (χ4v) is 3.87. The molecule has 1 spiro atoms. The van der Waals surface area contributed by atoms with Gasteiger partial charge in [-0.1, -0.05) is 13.8 Å². The Bertz CT molecular complexity index is 641. The van der Waals surface area contributed by atoms with Crippen LogP contribution in [0.5, 0.6) is 5.88 Å². The van der Waals surface area contributed by atoms with E-state index in [2.05, 4.69) is 42.1 Å². The van der Waals surface area contributed by atoms with Crippen LogP contribution in [0.2, 0.25) is 0 Å². The minimum Gasteiger partial charge on any atom is -0.420 e. The van der Waals surface area contributed by atoms with Gasteiger partial charge < -0.3 is 15.4 Å². The Hall–Kier alpha value is -2.00. The summed E-state index contributed by atoms with van der Waals surface area (Å²) < 4.78 is 5.60. The summed E-state index contributed by atoms with van der Waals surface area (Å²) in [7, 11) is 2.11. The number of nitrogens with one attached hydrogen (secondary N) is 1. The molecule has 2 unspecified atom stereocenters. The first-order chi connectivity index (χ1) is 10.0. The number of H-pyrrole nitrogens is 1. The van der Waals surface area contributed by atoms with Crippen molar-refractivity contribution >= 4 is 0 Å². The first kappa shape index (κ1) is 14.0. The molecule has 112 valence electrons. The summed E-state index contributed by atoms with van der Waals surface area (Å²) in [4.78, 5) is 2.29. The van der Waals surface area contributed by atoms with E-state index in [0.717, 1.165) is 37.2 Å². The first-order valence-electron chi connectivity index (χ1n) is 7.39. The van der Waals surface area contributed by atoms with Crippen LogP contribution < -0.4 is 10.5 Å². The lowest BCUT2D eigenvalue weighted by Crippen LogP contribution is -2.51. The van der Waals surface area contributed by atoms with Crippen molar-refractivity contribution in [2.75, 3.05) is 20.1 Å². The molecule has 1 aromatic heterocycles. The van der Waals surface area contributed by atoms with Crippen molar-refractivity contribution in [2.45, 2.75) is 32.1 Å². The lowest BCUT2D eigenvalue weighted by Gasteiger charge is -2.47. The van der Waals surface area contributed by atoms with Gasteiger partial charge in [-0.05, 0) is 32.4 Å². The normalized spacial score (nSPS) is 29.1. The van der Waals surface area contributed by atoms with Gasteiger partial charge in [0.15, 0.2) is 0 Å². The van der Waals surface area contributed by atoms with Crippen LogP contribution in [0.1, 0.15) is 31.5 Å². The maximum Gasteiger partial charge on any atom is 0.244 e. The largest absolute Gasteiger partial charge is 0.420 e. The molecule has 0 saturated carbocycles. The van der Waals surface area contributed by atoms with Gasteiger partial charge in [-0.15, -0.1) is 5.10 Å². The minimum absolute atomic E-state index is 0.204. The Kier molecular flexibility index (Phi) is 3.18. The zero-order chi connectivity index (χ0) is 15.2. The number of fused-ring (bicyclic) bond motifs is 2. The molecule has 0 bridgehead atoms. The Morgan fingerprint density at radius 2 is 2.38 bits per heavy atom. The molecule has 3 heterocycles. The fourth-order valence-electron chi connectivity index (χ4n) is 3.87. The van der Waals surface area contributed by atoms with Crippen molar-refractivity contribution in [2.24, 2.45) is 11.7 Å². The average molecular weight is 287 g/mol. The monoisotopic (exact) mass is 287 g/mol. The summed E-state index contributed by atoms with van der Waals surface area (Å²) in [6.07, 6.45) is 1.69. The van der Waals surface area contributed by atoms with Crippen LogP contribution in [0.25, 0.3) is 0 Å². The van der Waals surface area contributed by atoms with Crippen LogP contribution in [-0.2, 0) is 11.8 Å². The molecule has 0 radical (unpaired) electrons. The van der Waals surface area contributed by atoms with Gasteiger partial charge in [-0.25, -0.2) is 0 Å². The maximum absolute atomic E-state index is 9.68. The number of nitrogens with two attached hydrogens (primary N) is 1. The van der Waals surface area contributed by atoms with E-state index in [9.17, 15) is 5.26 Å². The quantitative estimate of drug-likeness (QED) is 0.811. The number of nitriles is 1. The zero-order valence-electron chi connectivity index (χ0n) is 12.7. The van der Waals surface area contributed by atoms with Crippen LogP contribution in [0, 0.1) is 17.2 Å². The van der Waals surface area contributed by atoms with E-state index in [-0.39, 0.29) is 17.2 Å². The van der Waals surface area contributed by atoms with Crippen LogP contribution in [0.3, 0.4) is 0 Å². The molecule has 6 heteroatoms. The van der Waals surface area contributed by atoms with Gasteiger partial charge in [0.2, 0.25) is 11.8 Å². The average Bonchev–Trinajstić information content (AvgIpc) is 2.86. The lowest BCUT2D eigenvalue weighted by atomic mass is 9.61. The van der Waals surface area contributed by atoms with Crippen LogP contribution in [0.15, 0.2) is 11.5 Å². The molecule has 0 aromatic carbocycles. The Labute approximate surface area is 124 Å². The summed E-state index contributed by atoms with van der Waals surface area (Å²) in [5, 5.41) is 17.0. The number of allylic oxidation sites excluding steroid dienone is 1. The second-order valence-corrected chi connectivity index (χ2v) is 6.07. The Balaban J connectivity index is 2.25. The van der Waals surface area contributed by atoms with E-state index in [4.69, 9.17) is 10.5 Å². The molecule has 2 aliphatic rings. The third kappa shape index (κ3) is 1.77. The molecule has 6 nitrogen and oxygen atoms in total. The molecule has 2 atom stereocenters. The summed E-state index contributed by atoms with van der Waals surface area (Å²) in [5.41, 5.74) is 8.29. The molecule has 1 fully saturated rings. The first-order valence-corrected chi connectivity index (χ1v) is 7.39. The summed E-state index contributed by atoms with van der Waals surface area (Å²) >= 11 is 0. The predicted molar refractivity (Wildman–Crippen MR) is 78.4 cm³/mol. The SMILES string of the molecule is CCc1[nH]nc2c1C1(CCN(C)CC1C)C(C#N)=C(N)O2. The van der Waals surface area contributed by atoms with E-state index >= 15 is 0 Å². The topological polar surface area (TPSA) is 91.0 Å². The van der Waals surface area contributed by atoms with Gasteiger partial charge >= 0.3 is 0 Å². The van der Waals surface area contributed by atoms with Crippen LogP contribution >= 0.6 is 0 Å². The van der Waals surface area contributed by atoms with E-state index in [1.165, 1.54) is 0 Å². The number of rotatable bonds is 1. The minimum atomic E-state index is -0.378. The molecule has 0 aliphatic carbocycles. The van der Waals surface area contributed by atoms with Gasteiger partial charge in [-0.2, -0.15) is 5.26 Å².